The minimum absolute atomic E-state index is 0.117. The maximum atomic E-state index is 13.3. The number of aliphatic hydroxyl groups excluding tert-OH is 1. The van der Waals surface area contributed by atoms with Gasteiger partial charge in [0, 0.05) is 34.4 Å². The van der Waals surface area contributed by atoms with Gasteiger partial charge in [-0.05, 0) is 66.5 Å². The van der Waals surface area contributed by atoms with Crippen molar-refractivity contribution < 1.29 is 9.90 Å². The van der Waals surface area contributed by atoms with Gasteiger partial charge in [-0.15, -0.1) is 11.3 Å². The van der Waals surface area contributed by atoms with Gasteiger partial charge in [0.2, 0.25) is 0 Å². The maximum absolute atomic E-state index is 13.3. The van der Waals surface area contributed by atoms with Crippen LogP contribution in [0.25, 0.3) is 11.1 Å². The number of halogens is 1. The third-order valence-corrected chi connectivity index (χ3v) is 8.64. The molecule has 1 fully saturated rings. The Morgan fingerprint density at radius 1 is 1.19 bits per heavy atom. The van der Waals surface area contributed by atoms with Gasteiger partial charge in [0.1, 0.15) is 5.82 Å². The highest BCUT2D eigenvalue weighted by atomic mass is 35.5. The molecule has 1 aliphatic carbocycles. The summed E-state index contributed by atoms with van der Waals surface area (Å²) in [5.74, 6) is 0.258. The molecule has 9 heteroatoms. The first-order valence-electron chi connectivity index (χ1n) is 12.3. The van der Waals surface area contributed by atoms with Crippen LogP contribution in [0, 0.1) is 0 Å². The number of nitrogens with one attached hydrogen (secondary N) is 1. The molecule has 1 aromatic carbocycles. The number of amides is 1. The first kappa shape index (κ1) is 24.0. The number of pyridine rings is 1. The number of aromatic nitrogens is 3. The number of fused-ring (bicyclic) bond motifs is 1. The van der Waals surface area contributed by atoms with Crippen molar-refractivity contribution in [3.05, 3.63) is 103 Å². The Bertz CT molecular complexity index is 1530. The number of benzene rings is 1. The quantitative estimate of drug-likeness (QED) is 0.390. The third kappa shape index (κ3) is 4.50. The van der Waals surface area contributed by atoms with Crippen LogP contribution >= 0.6 is 22.9 Å². The van der Waals surface area contributed by atoms with Gasteiger partial charge in [0.15, 0.2) is 6.10 Å². The normalized spacial score (nSPS) is 17.1. The molecule has 1 aliphatic heterocycles. The van der Waals surface area contributed by atoms with Gasteiger partial charge in [-0.25, -0.2) is 4.98 Å². The van der Waals surface area contributed by atoms with Crippen molar-refractivity contribution in [2.75, 3.05) is 6.54 Å². The fourth-order valence-corrected chi connectivity index (χ4v) is 6.40. The monoisotopic (exact) mass is 532 g/mol. The molecule has 2 N–H and O–H groups in total. The van der Waals surface area contributed by atoms with E-state index in [1.807, 2.05) is 18.3 Å². The fraction of sp³-hybridized carbons (Fsp3) is 0.286. The van der Waals surface area contributed by atoms with Crippen molar-refractivity contribution in [1.29, 1.82) is 0 Å². The summed E-state index contributed by atoms with van der Waals surface area (Å²) >= 11 is 7.72. The Balaban J connectivity index is 1.27. The Morgan fingerprint density at radius 3 is 2.81 bits per heavy atom. The minimum Gasteiger partial charge on any atom is -0.378 e. The van der Waals surface area contributed by atoms with E-state index in [-0.39, 0.29) is 17.5 Å². The van der Waals surface area contributed by atoms with Gasteiger partial charge in [0.25, 0.3) is 11.5 Å². The van der Waals surface area contributed by atoms with E-state index in [1.165, 1.54) is 4.88 Å². The van der Waals surface area contributed by atoms with Crippen LogP contribution in [-0.4, -0.2) is 37.4 Å². The van der Waals surface area contributed by atoms with Gasteiger partial charge in [0.05, 0.1) is 23.2 Å². The smallest absolute Gasteiger partial charge is 0.256 e. The molecule has 4 aromatic rings. The highest BCUT2D eigenvalue weighted by molar-refractivity contribution is 7.10. The second-order valence-electron chi connectivity index (χ2n) is 9.68. The largest absolute Gasteiger partial charge is 0.378 e. The number of nitrogens with zero attached hydrogens (tertiary/aromatic N) is 3. The molecular formula is C28H25ClN4O3S. The van der Waals surface area contributed by atoms with Crippen molar-refractivity contribution in [2.45, 2.75) is 43.7 Å². The van der Waals surface area contributed by atoms with E-state index in [9.17, 15) is 14.7 Å². The zero-order chi connectivity index (χ0) is 25.6. The number of carbonyl (C=O) groups excluding carboxylic acids is 1. The number of aliphatic hydroxyl groups is 1. The number of carbonyl (C=O) groups is 1. The average Bonchev–Trinajstić information content (AvgIpc) is 3.63. The maximum Gasteiger partial charge on any atom is 0.256 e. The molecule has 1 unspecified atom stereocenters. The summed E-state index contributed by atoms with van der Waals surface area (Å²) in [4.78, 5) is 41.4. The molecule has 188 valence electrons. The van der Waals surface area contributed by atoms with E-state index < -0.39 is 12.0 Å². The van der Waals surface area contributed by atoms with Gasteiger partial charge in [-0.2, -0.15) is 0 Å². The van der Waals surface area contributed by atoms with E-state index in [1.54, 1.807) is 46.7 Å². The van der Waals surface area contributed by atoms with Gasteiger partial charge in [-0.3, -0.25) is 14.6 Å². The number of H-pyrrole nitrogens is 1. The second-order valence-corrected chi connectivity index (χ2v) is 11.0. The highest BCUT2D eigenvalue weighted by Crippen LogP contribution is 2.54. The summed E-state index contributed by atoms with van der Waals surface area (Å²) in [5, 5.41) is 13.3. The number of rotatable bonds is 5. The average molecular weight is 533 g/mol. The first-order chi connectivity index (χ1) is 17.9. The van der Waals surface area contributed by atoms with E-state index in [2.05, 4.69) is 21.4 Å². The molecule has 0 spiro atoms. The Hall–Kier alpha value is -3.33. The molecule has 37 heavy (non-hydrogen) atoms. The van der Waals surface area contributed by atoms with Crippen molar-refractivity contribution >= 4 is 28.8 Å². The summed E-state index contributed by atoms with van der Waals surface area (Å²) in [6, 6.07) is 12.8. The lowest BCUT2D eigenvalue weighted by Gasteiger charge is -2.24. The van der Waals surface area contributed by atoms with Gasteiger partial charge < -0.3 is 15.0 Å². The number of thiophene rings is 1. The zero-order valence-corrected chi connectivity index (χ0v) is 21.6. The van der Waals surface area contributed by atoms with Crippen molar-refractivity contribution in [3.63, 3.8) is 0 Å². The summed E-state index contributed by atoms with van der Waals surface area (Å²) in [6.07, 6.45) is 5.39. The number of hydrogen-bond acceptors (Lipinski definition) is 6. The standard InChI is InChI=1S/C28H25ClN4O3S/c29-20-6-1-4-17(12-20)24(34)26(36)33-11-3-7-22-21(15-33)25(35)32-27(31-22)28(8-9-28)23-13-19(16-37-23)18-5-2-10-30-14-18/h1-2,4-6,10,12-14,16,24,34H,3,7-9,11,15H2,(H,31,32,35). The molecule has 1 saturated carbocycles. The highest BCUT2D eigenvalue weighted by Gasteiger charge is 2.50. The molecular weight excluding hydrogens is 508 g/mol. The van der Waals surface area contributed by atoms with Gasteiger partial charge in [-0.1, -0.05) is 29.8 Å². The SMILES string of the molecule is O=C(C(O)c1cccc(Cl)c1)N1CCCc2nc(C3(c4cc(-c5cccnc5)cs4)CC3)[nH]c(=O)c2C1. The Morgan fingerprint density at radius 2 is 2.05 bits per heavy atom. The predicted octanol–water partition coefficient (Wildman–Crippen LogP) is 4.64. The molecule has 2 aliphatic rings. The second kappa shape index (κ2) is 9.52. The summed E-state index contributed by atoms with van der Waals surface area (Å²) in [7, 11) is 0. The minimum atomic E-state index is -1.34. The van der Waals surface area contributed by atoms with Crippen LogP contribution in [0.5, 0.6) is 0 Å². The van der Waals surface area contributed by atoms with Crippen molar-refractivity contribution in [2.24, 2.45) is 0 Å². The van der Waals surface area contributed by atoms with Crippen LogP contribution in [0.2, 0.25) is 5.02 Å². The number of hydrogen-bond donors (Lipinski definition) is 2. The van der Waals surface area contributed by atoms with Crippen LogP contribution in [0.4, 0.5) is 0 Å². The predicted molar refractivity (Wildman–Crippen MR) is 143 cm³/mol. The van der Waals surface area contributed by atoms with Crippen LogP contribution in [0.15, 0.2) is 65.0 Å². The van der Waals surface area contributed by atoms with Crippen LogP contribution in [-0.2, 0) is 23.2 Å². The molecule has 7 nitrogen and oxygen atoms in total. The first-order valence-corrected chi connectivity index (χ1v) is 13.5. The van der Waals surface area contributed by atoms with Gasteiger partial charge >= 0.3 is 0 Å². The lowest BCUT2D eigenvalue weighted by Crippen LogP contribution is -2.36. The lowest BCUT2D eigenvalue weighted by atomic mass is 10.0. The summed E-state index contributed by atoms with van der Waals surface area (Å²) in [6.45, 7) is 0.553. The van der Waals surface area contributed by atoms with E-state index in [0.29, 0.717) is 41.4 Å². The summed E-state index contributed by atoms with van der Waals surface area (Å²) < 4.78 is 0. The lowest BCUT2D eigenvalue weighted by molar-refractivity contribution is -0.141. The Kier molecular flexibility index (Phi) is 6.18. The molecule has 6 rings (SSSR count). The Labute approximate surface area is 222 Å². The van der Waals surface area contributed by atoms with Crippen LogP contribution in [0.3, 0.4) is 0 Å². The molecule has 3 aromatic heterocycles. The molecule has 1 atom stereocenters. The molecule has 0 radical (unpaired) electrons. The molecule has 4 heterocycles. The number of aromatic amines is 1. The van der Waals surface area contributed by atoms with Crippen LogP contribution < -0.4 is 5.56 Å². The van der Waals surface area contributed by atoms with Crippen molar-refractivity contribution in [1.82, 2.24) is 19.9 Å². The van der Waals surface area contributed by atoms with Crippen molar-refractivity contribution in [3.8, 4) is 11.1 Å². The molecule has 0 saturated heterocycles. The van der Waals surface area contributed by atoms with E-state index in [0.717, 1.165) is 29.7 Å². The third-order valence-electron chi connectivity index (χ3n) is 7.27. The van der Waals surface area contributed by atoms with E-state index >= 15 is 0 Å². The zero-order valence-electron chi connectivity index (χ0n) is 20.0. The van der Waals surface area contributed by atoms with E-state index in [4.69, 9.17) is 16.6 Å². The fourth-order valence-electron chi connectivity index (χ4n) is 5.03. The van der Waals surface area contributed by atoms with Crippen LogP contribution in [0.1, 0.15) is 52.9 Å². The topological polar surface area (TPSA) is 99.2 Å². The number of aryl methyl sites for hydroxylation is 1. The molecule has 1 amide bonds. The molecule has 0 bridgehead atoms. The summed E-state index contributed by atoms with van der Waals surface area (Å²) in [5.41, 5.74) is 3.35.